The number of nitrogens with one attached hydrogen (secondary N) is 3. The van der Waals surface area contributed by atoms with E-state index in [-0.39, 0.29) is 12.5 Å². The lowest BCUT2D eigenvalue weighted by Gasteiger charge is -2.10. The molecule has 3 aromatic carbocycles. The Morgan fingerprint density at radius 1 is 1.03 bits per heavy atom. The fourth-order valence-corrected chi connectivity index (χ4v) is 4.61. The molecule has 0 atom stereocenters. The lowest BCUT2D eigenvalue weighted by Crippen LogP contribution is -2.21. The molecule has 2 heterocycles. The van der Waals surface area contributed by atoms with Crippen LogP contribution in [0.2, 0.25) is 0 Å². The number of carbonyl (C=O) groups excluding carboxylic acids is 1. The molecule has 0 bridgehead atoms. The molecular weight excluding hydrogens is 409 g/mol. The zero-order chi connectivity index (χ0) is 22.5. The minimum Gasteiger partial charge on any atom is -0.360 e. The molecule has 6 rings (SSSR count). The molecule has 0 saturated heterocycles. The SMILES string of the molecule is [B]c1ccc2[nH]cc(-c3nc4c([nH]3)-c3ccc(NC(=O)CN)cc3Cc3ccccc3-4)c2c1. The van der Waals surface area contributed by atoms with Crippen LogP contribution in [0.25, 0.3) is 44.8 Å². The van der Waals surface area contributed by atoms with Crippen molar-refractivity contribution in [2.45, 2.75) is 6.42 Å². The first kappa shape index (κ1) is 19.6. The molecule has 0 spiro atoms. The van der Waals surface area contributed by atoms with E-state index in [4.69, 9.17) is 18.6 Å². The summed E-state index contributed by atoms with van der Waals surface area (Å²) in [5, 5.41) is 3.88. The first-order chi connectivity index (χ1) is 16.1. The van der Waals surface area contributed by atoms with Crippen molar-refractivity contribution in [3.05, 3.63) is 78.0 Å². The molecule has 2 aromatic heterocycles. The molecule has 158 valence electrons. The number of imidazole rings is 1. The van der Waals surface area contributed by atoms with Crippen LogP contribution in [0, 0.1) is 0 Å². The van der Waals surface area contributed by atoms with Crippen molar-refractivity contribution >= 4 is 35.8 Å². The molecule has 1 aliphatic carbocycles. The average molecular weight is 429 g/mol. The standard InChI is InChI=1S/C26H20BN5O/c27-16-5-8-22-20(11-16)21(13-29-22)26-31-24-18-4-2-1-3-14(18)9-15-10-17(30-23(33)12-28)6-7-19(15)25(24)32-26/h1-8,10-11,13,29H,9,12,28H2,(H,30,33)(H,31,32). The van der Waals surface area contributed by atoms with E-state index in [1.807, 2.05) is 54.7 Å². The molecule has 1 amide bonds. The number of rotatable bonds is 3. The zero-order valence-corrected chi connectivity index (χ0v) is 17.8. The number of nitrogens with zero attached hydrogens (tertiary/aromatic N) is 1. The number of amides is 1. The van der Waals surface area contributed by atoms with Gasteiger partial charge in [-0.3, -0.25) is 4.79 Å². The highest BCUT2D eigenvalue weighted by Crippen LogP contribution is 2.41. The third-order valence-electron chi connectivity index (χ3n) is 6.16. The van der Waals surface area contributed by atoms with Gasteiger partial charge in [-0.05, 0) is 35.7 Å². The van der Waals surface area contributed by atoms with Gasteiger partial charge in [-0.15, -0.1) is 0 Å². The molecule has 5 aromatic rings. The van der Waals surface area contributed by atoms with E-state index < -0.39 is 0 Å². The number of nitrogens with two attached hydrogens (primary N) is 1. The lowest BCUT2D eigenvalue weighted by molar-refractivity contribution is -0.114. The van der Waals surface area contributed by atoms with Crippen LogP contribution in [-0.2, 0) is 11.2 Å². The van der Waals surface area contributed by atoms with Gasteiger partial charge in [0.15, 0.2) is 0 Å². The van der Waals surface area contributed by atoms with E-state index in [0.717, 1.165) is 62.5 Å². The number of hydrogen-bond acceptors (Lipinski definition) is 3. The number of anilines is 1. The predicted molar refractivity (Wildman–Crippen MR) is 133 cm³/mol. The monoisotopic (exact) mass is 429 g/mol. The second-order valence-corrected chi connectivity index (χ2v) is 8.27. The van der Waals surface area contributed by atoms with Crippen LogP contribution >= 0.6 is 0 Å². The Balaban J connectivity index is 1.55. The Labute approximate surface area is 191 Å². The molecule has 33 heavy (non-hydrogen) atoms. The van der Waals surface area contributed by atoms with Crippen LogP contribution in [-0.4, -0.2) is 35.3 Å². The van der Waals surface area contributed by atoms with Crippen LogP contribution in [0.5, 0.6) is 0 Å². The van der Waals surface area contributed by atoms with E-state index in [0.29, 0.717) is 5.46 Å². The van der Waals surface area contributed by atoms with Crippen LogP contribution in [0.4, 0.5) is 5.69 Å². The van der Waals surface area contributed by atoms with E-state index in [1.54, 1.807) is 0 Å². The number of fused-ring (bicyclic) bond motifs is 6. The van der Waals surface area contributed by atoms with Crippen LogP contribution in [0.3, 0.4) is 0 Å². The Kier molecular flexibility index (Phi) is 4.45. The van der Waals surface area contributed by atoms with Gasteiger partial charge >= 0.3 is 0 Å². The second kappa shape index (κ2) is 7.50. The van der Waals surface area contributed by atoms with Gasteiger partial charge in [0.1, 0.15) is 13.7 Å². The summed E-state index contributed by atoms with van der Waals surface area (Å²) < 4.78 is 0. The van der Waals surface area contributed by atoms with Gasteiger partial charge in [0.05, 0.1) is 17.9 Å². The van der Waals surface area contributed by atoms with Gasteiger partial charge in [-0.25, -0.2) is 4.98 Å². The van der Waals surface area contributed by atoms with Crippen molar-refractivity contribution in [1.82, 2.24) is 15.0 Å². The second-order valence-electron chi connectivity index (χ2n) is 8.27. The smallest absolute Gasteiger partial charge is 0.238 e. The van der Waals surface area contributed by atoms with Gasteiger partial charge in [0.2, 0.25) is 5.91 Å². The van der Waals surface area contributed by atoms with E-state index in [2.05, 4.69) is 27.4 Å². The summed E-state index contributed by atoms with van der Waals surface area (Å²) >= 11 is 0. The summed E-state index contributed by atoms with van der Waals surface area (Å²) in [6, 6.07) is 20.1. The summed E-state index contributed by atoms with van der Waals surface area (Å²) in [5.41, 5.74) is 15.2. The predicted octanol–water partition coefficient (Wildman–Crippen LogP) is 3.49. The van der Waals surface area contributed by atoms with Crippen LogP contribution < -0.4 is 16.5 Å². The topological polar surface area (TPSA) is 99.6 Å². The number of aromatic amines is 2. The van der Waals surface area contributed by atoms with E-state index >= 15 is 0 Å². The minimum absolute atomic E-state index is 0.0525. The van der Waals surface area contributed by atoms with Crippen molar-refractivity contribution in [1.29, 1.82) is 0 Å². The minimum atomic E-state index is -0.216. The summed E-state index contributed by atoms with van der Waals surface area (Å²) in [4.78, 5) is 23.8. The van der Waals surface area contributed by atoms with Crippen molar-refractivity contribution in [3.63, 3.8) is 0 Å². The molecule has 0 saturated carbocycles. The maximum atomic E-state index is 11.8. The average Bonchev–Trinajstić information content (AvgIpc) is 3.41. The Bertz CT molecular complexity index is 1550. The van der Waals surface area contributed by atoms with Crippen LogP contribution in [0.15, 0.2) is 66.9 Å². The maximum absolute atomic E-state index is 11.8. The largest absolute Gasteiger partial charge is 0.360 e. The third-order valence-corrected chi connectivity index (χ3v) is 6.16. The first-order valence-corrected chi connectivity index (χ1v) is 10.8. The highest BCUT2D eigenvalue weighted by atomic mass is 16.1. The molecular formula is C26H20BN5O. The van der Waals surface area contributed by atoms with Gasteiger partial charge < -0.3 is 21.0 Å². The fraction of sp³-hybridized carbons (Fsp3) is 0.0769. The Hall–Kier alpha value is -4.10. The fourth-order valence-electron chi connectivity index (χ4n) is 4.61. The van der Waals surface area contributed by atoms with Crippen molar-refractivity contribution < 1.29 is 4.79 Å². The van der Waals surface area contributed by atoms with Crippen molar-refractivity contribution in [2.75, 3.05) is 11.9 Å². The van der Waals surface area contributed by atoms with Gasteiger partial charge in [-0.2, -0.15) is 0 Å². The molecule has 0 aliphatic heterocycles. The third kappa shape index (κ3) is 3.25. The first-order valence-electron chi connectivity index (χ1n) is 10.8. The molecule has 7 heteroatoms. The van der Waals surface area contributed by atoms with E-state index in [9.17, 15) is 4.79 Å². The zero-order valence-electron chi connectivity index (χ0n) is 17.8. The molecule has 5 N–H and O–H groups in total. The highest BCUT2D eigenvalue weighted by molar-refractivity contribution is 6.33. The van der Waals surface area contributed by atoms with Gasteiger partial charge in [0, 0.05) is 39.5 Å². The molecule has 6 nitrogen and oxygen atoms in total. The summed E-state index contributed by atoms with van der Waals surface area (Å²) in [6.45, 7) is -0.0525. The number of H-pyrrole nitrogens is 2. The van der Waals surface area contributed by atoms with Crippen LogP contribution in [0.1, 0.15) is 11.1 Å². The Morgan fingerprint density at radius 3 is 2.79 bits per heavy atom. The summed E-state index contributed by atoms with van der Waals surface area (Å²) in [5.74, 6) is 0.562. The molecule has 1 aliphatic rings. The molecule has 0 fully saturated rings. The highest BCUT2D eigenvalue weighted by Gasteiger charge is 2.24. The van der Waals surface area contributed by atoms with Gasteiger partial charge in [0.25, 0.3) is 0 Å². The lowest BCUT2D eigenvalue weighted by atomic mass is 9.94. The maximum Gasteiger partial charge on any atom is 0.238 e. The number of aromatic nitrogens is 3. The van der Waals surface area contributed by atoms with Gasteiger partial charge in [-0.1, -0.05) is 47.9 Å². The Morgan fingerprint density at radius 2 is 1.91 bits per heavy atom. The van der Waals surface area contributed by atoms with Crippen molar-refractivity contribution in [3.8, 4) is 33.9 Å². The summed E-state index contributed by atoms with van der Waals surface area (Å²) in [6.07, 6.45) is 2.70. The number of benzene rings is 3. The van der Waals surface area contributed by atoms with Crippen molar-refractivity contribution in [2.24, 2.45) is 5.73 Å². The summed E-state index contributed by atoms with van der Waals surface area (Å²) in [7, 11) is 6.05. The quantitative estimate of drug-likeness (QED) is 0.324. The number of carbonyl (C=O) groups is 1. The van der Waals surface area contributed by atoms with E-state index in [1.165, 1.54) is 5.56 Å². The molecule has 0 unspecified atom stereocenters. The molecule has 2 radical (unpaired) electrons. The number of hydrogen-bond donors (Lipinski definition) is 4. The normalized spacial score (nSPS) is 12.0.